The molecule has 2 atom stereocenters. The second-order valence-corrected chi connectivity index (χ2v) is 3.29. The lowest BCUT2D eigenvalue weighted by molar-refractivity contribution is -0.124. The van der Waals surface area contributed by atoms with Crippen molar-refractivity contribution in [2.75, 3.05) is 13.6 Å². The molecule has 0 aliphatic carbocycles. The number of rotatable bonds is 1. The summed E-state index contributed by atoms with van der Waals surface area (Å²) < 4.78 is 0. The summed E-state index contributed by atoms with van der Waals surface area (Å²) in [5.41, 5.74) is 0. The summed E-state index contributed by atoms with van der Waals surface area (Å²) in [6, 6.07) is -0.0567. The molecule has 11 heavy (non-hydrogen) atoms. The van der Waals surface area contributed by atoms with Crippen molar-refractivity contribution in [1.82, 2.24) is 4.90 Å². The highest BCUT2D eigenvalue weighted by atomic mass is 16.3. The zero-order valence-corrected chi connectivity index (χ0v) is 7.08. The van der Waals surface area contributed by atoms with E-state index in [9.17, 15) is 9.90 Å². The molecule has 0 unspecified atom stereocenters. The van der Waals surface area contributed by atoms with E-state index in [0.717, 1.165) is 13.0 Å². The largest absolute Gasteiger partial charge is 0.393 e. The molecule has 0 aromatic heterocycles. The summed E-state index contributed by atoms with van der Waals surface area (Å²) in [6.45, 7) is 2.41. The summed E-state index contributed by atoms with van der Waals surface area (Å²) in [6.07, 6.45) is 1.12. The number of nitrogens with zero attached hydrogens (tertiary/aromatic N) is 1. The van der Waals surface area contributed by atoms with E-state index in [1.54, 1.807) is 6.92 Å². The van der Waals surface area contributed by atoms with Crippen LogP contribution in [0, 0.1) is 0 Å². The molecular weight excluding hydrogens is 142 g/mol. The minimum Gasteiger partial charge on any atom is -0.393 e. The van der Waals surface area contributed by atoms with Crippen LogP contribution in [-0.2, 0) is 4.79 Å². The van der Waals surface area contributed by atoms with Crippen LogP contribution in [0.4, 0.5) is 0 Å². The monoisotopic (exact) mass is 157 g/mol. The molecular formula is C8H15NO2. The van der Waals surface area contributed by atoms with E-state index in [1.807, 2.05) is 11.9 Å². The lowest BCUT2D eigenvalue weighted by Crippen LogP contribution is -2.45. The first-order valence-electron chi connectivity index (χ1n) is 4.00. The highest BCUT2D eigenvalue weighted by molar-refractivity contribution is 5.81. The molecule has 64 valence electrons. The molecule has 0 saturated carbocycles. The minimum atomic E-state index is -0.278. The molecule has 1 fully saturated rings. The Morgan fingerprint density at radius 1 is 1.64 bits per heavy atom. The molecule has 0 aromatic rings. The second-order valence-electron chi connectivity index (χ2n) is 3.29. The molecule has 1 aliphatic rings. The number of hydrogen-bond acceptors (Lipinski definition) is 3. The zero-order chi connectivity index (χ0) is 8.43. The summed E-state index contributed by atoms with van der Waals surface area (Å²) >= 11 is 0. The van der Waals surface area contributed by atoms with Gasteiger partial charge in [-0.2, -0.15) is 0 Å². The molecule has 0 radical (unpaired) electrons. The van der Waals surface area contributed by atoms with E-state index in [2.05, 4.69) is 0 Å². The van der Waals surface area contributed by atoms with Gasteiger partial charge in [-0.15, -0.1) is 0 Å². The molecule has 1 heterocycles. The summed E-state index contributed by atoms with van der Waals surface area (Å²) in [5, 5.41) is 9.27. The van der Waals surface area contributed by atoms with Gasteiger partial charge < -0.3 is 5.11 Å². The molecule has 1 aliphatic heterocycles. The van der Waals surface area contributed by atoms with Crippen LogP contribution in [0.3, 0.4) is 0 Å². The quantitative estimate of drug-likeness (QED) is 0.584. The van der Waals surface area contributed by atoms with Crippen LogP contribution >= 0.6 is 0 Å². The van der Waals surface area contributed by atoms with Crippen molar-refractivity contribution in [2.45, 2.75) is 31.9 Å². The van der Waals surface area contributed by atoms with Gasteiger partial charge in [0.1, 0.15) is 5.78 Å². The Hall–Kier alpha value is -0.410. The number of aliphatic hydroxyl groups is 1. The molecule has 1 rings (SSSR count). The lowest BCUT2D eigenvalue weighted by atomic mass is 9.98. The number of likely N-dealkylation sites (tertiary alicyclic amines) is 1. The van der Waals surface area contributed by atoms with E-state index in [4.69, 9.17) is 0 Å². The van der Waals surface area contributed by atoms with Gasteiger partial charge in [0.2, 0.25) is 0 Å². The smallest absolute Gasteiger partial charge is 0.146 e. The SMILES string of the molecule is CC(=O)[C@H]1C[C@@H](O)CCN1C. The number of hydrogen-bond donors (Lipinski definition) is 1. The number of piperidine rings is 1. The predicted octanol–water partition coefficient (Wildman–Crippen LogP) is 0.0305. The number of carbonyl (C=O) groups is 1. The van der Waals surface area contributed by atoms with Crippen molar-refractivity contribution in [3.8, 4) is 0 Å². The summed E-state index contributed by atoms with van der Waals surface area (Å²) in [7, 11) is 1.93. The fourth-order valence-corrected chi connectivity index (χ4v) is 1.54. The van der Waals surface area contributed by atoms with Gasteiger partial charge in [-0.25, -0.2) is 0 Å². The normalized spacial score (nSPS) is 33.7. The van der Waals surface area contributed by atoms with Gasteiger partial charge in [-0.05, 0) is 26.8 Å². The molecule has 1 N–H and O–H groups in total. The van der Waals surface area contributed by atoms with Crippen LogP contribution in [0.1, 0.15) is 19.8 Å². The highest BCUT2D eigenvalue weighted by Crippen LogP contribution is 2.15. The van der Waals surface area contributed by atoms with Crippen molar-refractivity contribution < 1.29 is 9.90 Å². The maximum Gasteiger partial charge on any atom is 0.146 e. The van der Waals surface area contributed by atoms with Gasteiger partial charge >= 0.3 is 0 Å². The Kier molecular flexibility index (Phi) is 2.62. The first-order valence-corrected chi connectivity index (χ1v) is 4.00. The maximum atomic E-state index is 11.0. The van der Waals surface area contributed by atoms with E-state index in [1.165, 1.54) is 0 Å². The van der Waals surface area contributed by atoms with Crippen molar-refractivity contribution in [3.63, 3.8) is 0 Å². The number of carbonyl (C=O) groups excluding carboxylic acids is 1. The third kappa shape index (κ3) is 2.01. The molecule has 3 heteroatoms. The van der Waals surface area contributed by atoms with Gasteiger partial charge in [0.05, 0.1) is 12.1 Å². The molecule has 0 amide bonds. The molecule has 0 aromatic carbocycles. The van der Waals surface area contributed by atoms with Gasteiger partial charge in [-0.3, -0.25) is 9.69 Å². The van der Waals surface area contributed by atoms with E-state index < -0.39 is 0 Å². The summed E-state index contributed by atoms with van der Waals surface area (Å²) in [5.74, 6) is 0.159. The van der Waals surface area contributed by atoms with Crippen molar-refractivity contribution >= 4 is 5.78 Å². The van der Waals surface area contributed by atoms with Crippen LogP contribution in [0.2, 0.25) is 0 Å². The van der Waals surface area contributed by atoms with Crippen LogP contribution in [0.25, 0.3) is 0 Å². The molecule has 0 spiro atoms. The average Bonchev–Trinajstić information content (AvgIpc) is 1.94. The van der Waals surface area contributed by atoms with E-state index in [-0.39, 0.29) is 17.9 Å². The van der Waals surface area contributed by atoms with Crippen LogP contribution < -0.4 is 0 Å². The third-order valence-electron chi connectivity index (χ3n) is 2.31. The standard InChI is InChI=1S/C8H15NO2/c1-6(10)8-5-7(11)3-4-9(8)2/h7-8,11H,3-5H2,1-2H3/t7-,8+/m0/s1. The van der Waals surface area contributed by atoms with Gasteiger partial charge in [-0.1, -0.05) is 0 Å². The zero-order valence-electron chi connectivity index (χ0n) is 7.08. The average molecular weight is 157 g/mol. The number of ketones is 1. The van der Waals surface area contributed by atoms with Crippen LogP contribution in [0.15, 0.2) is 0 Å². The van der Waals surface area contributed by atoms with E-state index >= 15 is 0 Å². The number of aliphatic hydroxyl groups excluding tert-OH is 1. The Morgan fingerprint density at radius 2 is 2.27 bits per heavy atom. The lowest BCUT2D eigenvalue weighted by Gasteiger charge is -2.33. The fraction of sp³-hybridized carbons (Fsp3) is 0.875. The molecule has 1 saturated heterocycles. The Morgan fingerprint density at radius 3 is 2.73 bits per heavy atom. The number of likely N-dealkylation sites (N-methyl/N-ethyl adjacent to an activating group) is 1. The molecule has 3 nitrogen and oxygen atoms in total. The highest BCUT2D eigenvalue weighted by Gasteiger charge is 2.27. The first-order chi connectivity index (χ1) is 5.11. The number of Topliss-reactive ketones (excluding diaryl/α,β-unsaturated/α-hetero) is 1. The Labute approximate surface area is 67.0 Å². The first kappa shape index (κ1) is 8.68. The van der Waals surface area contributed by atoms with Crippen molar-refractivity contribution in [3.05, 3.63) is 0 Å². The maximum absolute atomic E-state index is 11.0. The summed E-state index contributed by atoms with van der Waals surface area (Å²) in [4.78, 5) is 13.0. The topological polar surface area (TPSA) is 40.5 Å². The van der Waals surface area contributed by atoms with Gasteiger partial charge in [0.25, 0.3) is 0 Å². The second kappa shape index (κ2) is 3.32. The minimum absolute atomic E-state index is 0.0567. The van der Waals surface area contributed by atoms with E-state index in [0.29, 0.717) is 6.42 Å². The van der Waals surface area contributed by atoms with Crippen molar-refractivity contribution in [2.24, 2.45) is 0 Å². The Balaban J connectivity index is 2.54. The van der Waals surface area contributed by atoms with Gasteiger partial charge in [0.15, 0.2) is 0 Å². The van der Waals surface area contributed by atoms with Gasteiger partial charge in [0, 0.05) is 6.54 Å². The van der Waals surface area contributed by atoms with Crippen LogP contribution in [0.5, 0.6) is 0 Å². The van der Waals surface area contributed by atoms with Crippen LogP contribution in [-0.4, -0.2) is 41.5 Å². The fourth-order valence-electron chi connectivity index (χ4n) is 1.54. The Bertz CT molecular complexity index is 158. The van der Waals surface area contributed by atoms with Crippen molar-refractivity contribution in [1.29, 1.82) is 0 Å². The molecule has 0 bridgehead atoms. The third-order valence-corrected chi connectivity index (χ3v) is 2.31. The predicted molar refractivity (Wildman–Crippen MR) is 42.3 cm³/mol.